The number of hydrogen-bond acceptors (Lipinski definition) is 10. The molecule has 2 heterocycles. The van der Waals surface area contributed by atoms with E-state index in [1.165, 1.54) is 24.3 Å². The molecule has 2 aliphatic rings. The molecule has 0 spiro atoms. The lowest BCUT2D eigenvalue weighted by molar-refractivity contribution is -0.231. The molecule has 1 saturated heterocycles. The fraction of sp³-hybridized carbons (Fsp3) is 0.480. The molecule has 5 amide bonds. The number of nitrogens with zero attached hydrogens (tertiary/aromatic N) is 4. The van der Waals surface area contributed by atoms with Crippen molar-refractivity contribution in [3.8, 4) is 22.5 Å². The quantitative estimate of drug-likeness (QED) is 0.0623. The van der Waals surface area contributed by atoms with E-state index in [1.54, 1.807) is 42.9 Å². The van der Waals surface area contributed by atoms with Crippen LogP contribution in [-0.4, -0.2) is 130 Å². The molecule has 2 fully saturated rings. The summed E-state index contributed by atoms with van der Waals surface area (Å²) in [5.41, 5.74) is 3.27. The maximum Gasteiger partial charge on any atom is 0.411 e. The number of carboxylic acid groups (broad SMARTS) is 1. The minimum Gasteiger partial charge on any atom is -0.477 e. The Balaban J connectivity index is 1.11. The number of amides is 5. The third kappa shape index (κ3) is 13.7. The van der Waals surface area contributed by atoms with Crippen LogP contribution in [0.5, 0.6) is 0 Å². The molecule has 17 nitrogen and oxygen atoms in total. The third-order valence-electron chi connectivity index (χ3n) is 12.8. The van der Waals surface area contributed by atoms with Crippen molar-refractivity contribution >= 4 is 41.4 Å². The number of benzene rings is 3. The first-order chi connectivity index (χ1) is 33.4. The van der Waals surface area contributed by atoms with Gasteiger partial charge in [-0.2, -0.15) is 22.7 Å². The number of alkyl carbamates (subject to hydrolysis) is 1. The lowest BCUT2D eigenvalue weighted by Crippen LogP contribution is -2.48. The van der Waals surface area contributed by atoms with E-state index in [2.05, 4.69) is 36.2 Å². The van der Waals surface area contributed by atoms with Crippen LogP contribution < -0.4 is 21.3 Å². The van der Waals surface area contributed by atoms with Crippen molar-refractivity contribution in [2.45, 2.75) is 102 Å². The van der Waals surface area contributed by atoms with Crippen molar-refractivity contribution in [1.29, 1.82) is 0 Å². The van der Waals surface area contributed by atoms with Crippen LogP contribution in [0.15, 0.2) is 66.7 Å². The number of aromatic amines is 1. The number of halogens is 4. The molecule has 3 aromatic carbocycles. The molecule has 1 aromatic heterocycles. The van der Waals surface area contributed by atoms with Gasteiger partial charge in [-0.15, -0.1) is 0 Å². The fourth-order valence-electron chi connectivity index (χ4n) is 8.60. The van der Waals surface area contributed by atoms with E-state index in [0.29, 0.717) is 62.5 Å². The van der Waals surface area contributed by atoms with E-state index >= 15 is 0 Å². The maximum absolute atomic E-state index is 14.4. The maximum atomic E-state index is 14.4. The molecule has 0 bridgehead atoms. The average molecular weight is 992 g/mol. The number of likely N-dealkylation sites (tertiary alicyclic amines) is 1. The van der Waals surface area contributed by atoms with Crippen LogP contribution in [-0.2, 0) is 36.3 Å². The summed E-state index contributed by atoms with van der Waals surface area (Å²) in [6, 6.07) is 17.4. The predicted octanol–water partition coefficient (Wildman–Crippen LogP) is 6.54. The normalized spacial score (nSPS) is 17.3. The number of aliphatic carboxylic acids is 1. The predicted molar refractivity (Wildman–Crippen MR) is 254 cm³/mol. The van der Waals surface area contributed by atoms with Crippen molar-refractivity contribution in [3.05, 3.63) is 89.2 Å². The van der Waals surface area contributed by atoms with E-state index in [1.807, 2.05) is 51.4 Å². The van der Waals surface area contributed by atoms with E-state index < -0.39 is 59.0 Å². The van der Waals surface area contributed by atoms with Gasteiger partial charge in [0.15, 0.2) is 5.82 Å². The highest BCUT2D eigenvalue weighted by molar-refractivity contribution is 5.98. The van der Waals surface area contributed by atoms with Gasteiger partial charge in [-0.1, -0.05) is 30.3 Å². The zero-order valence-corrected chi connectivity index (χ0v) is 40.5. The molecule has 1 saturated carbocycles. The van der Waals surface area contributed by atoms with Gasteiger partial charge in [0.2, 0.25) is 23.5 Å². The molecule has 4 aromatic rings. The minimum absolute atomic E-state index is 0.0741. The van der Waals surface area contributed by atoms with Crippen molar-refractivity contribution < 1.29 is 56.2 Å². The summed E-state index contributed by atoms with van der Waals surface area (Å²) >= 11 is 0. The molecule has 1 aliphatic carbocycles. The van der Waals surface area contributed by atoms with E-state index in [0.717, 1.165) is 29.5 Å². The second kappa shape index (κ2) is 22.5. The largest absolute Gasteiger partial charge is 0.477 e. The summed E-state index contributed by atoms with van der Waals surface area (Å²) in [6.07, 6.45) is 3.67. The summed E-state index contributed by atoms with van der Waals surface area (Å²) in [5, 5.41) is 25.1. The summed E-state index contributed by atoms with van der Waals surface area (Å²) in [4.78, 5) is 84.1. The molecule has 0 unspecified atom stereocenters. The Kier molecular flexibility index (Phi) is 16.9. The number of hydrogen-bond donors (Lipinski definition) is 6. The number of alkyl halides is 4. The summed E-state index contributed by atoms with van der Waals surface area (Å²) in [5.74, 6) is -17.5. The number of piperidine rings is 1. The monoisotopic (exact) mass is 991 g/mol. The van der Waals surface area contributed by atoms with Gasteiger partial charge in [-0.05, 0) is 145 Å². The minimum atomic E-state index is -5.47. The average Bonchev–Trinajstić information content (AvgIpc) is 3.84. The number of aromatic nitrogens is 3. The number of carbonyl (C=O) groups is 6. The lowest BCUT2D eigenvalue weighted by atomic mass is 9.81. The van der Waals surface area contributed by atoms with Gasteiger partial charge in [0.05, 0.1) is 6.54 Å². The fourth-order valence-corrected chi connectivity index (χ4v) is 8.60. The highest BCUT2D eigenvalue weighted by Crippen LogP contribution is 2.42. The number of H-pyrrole nitrogens is 1. The lowest BCUT2D eigenvalue weighted by Gasteiger charge is -2.35. The summed E-state index contributed by atoms with van der Waals surface area (Å²) in [6.45, 7) is 8.77. The number of carbonyl (C=O) groups excluding carboxylic acids is 5. The Morgan fingerprint density at radius 2 is 1.49 bits per heavy atom. The molecule has 0 radical (unpaired) electrons. The molecule has 71 heavy (non-hydrogen) atoms. The first kappa shape index (κ1) is 53.5. The topological polar surface area (TPSA) is 228 Å². The van der Waals surface area contributed by atoms with Crippen LogP contribution in [0, 0.1) is 18.8 Å². The van der Waals surface area contributed by atoms with Crippen molar-refractivity contribution in [1.82, 2.24) is 40.9 Å². The number of nitrogens with one attached hydrogen (secondary N) is 5. The highest BCUT2D eigenvalue weighted by atomic mass is 19.3. The van der Waals surface area contributed by atoms with Gasteiger partial charge < -0.3 is 40.9 Å². The van der Waals surface area contributed by atoms with Crippen LogP contribution in [0.3, 0.4) is 0 Å². The van der Waals surface area contributed by atoms with Crippen LogP contribution >= 0.6 is 0 Å². The second-order valence-electron chi connectivity index (χ2n) is 19.4. The number of ether oxygens (including phenoxy) is 1. The Labute approximate surface area is 408 Å². The van der Waals surface area contributed by atoms with Crippen molar-refractivity contribution in [3.63, 3.8) is 0 Å². The molecular formula is C50H61F4N9O8. The van der Waals surface area contributed by atoms with E-state index in [4.69, 9.17) is 9.84 Å². The Morgan fingerprint density at radius 1 is 0.859 bits per heavy atom. The molecule has 6 N–H and O–H groups in total. The van der Waals surface area contributed by atoms with Crippen LogP contribution in [0.25, 0.3) is 22.5 Å². The highest BCUT2D eigenvalue weighted by Gasteiger charge is 2.65. The summed E-state index contributed by atoms with van der Waals surface area (Å²) in [7, 11) is 4.06. The first-order valence-corrected chi connectivity index (χ1v) is 23.4. The van der Waals surface area contributed by atoms with Crippen molar-refractivity contribution in [2.24, 2.45) is 11.8 Å². The van der Waals surface area contributed by atoms with Gasteiger partial charge in [-0.3, -0.25) is 24.3 Å². The van der Waals surface area contributed by atoms with Gasteiger partial charge in [0, 0.05) is 54.8 Å². The first-order valence-electron chi connectivity index (χ1n) is 23.4. The van der Waals surface area contributed by atoms with Gasteiger partial charge in [0.25, 0.3) is 5.91 Å². The molecular weight excluding hydrogens is 931 g/mol. The number of anilines is 1. The number of carboxylic acids is 1. The van der Waals surface area contributed by atoms with Crippen molar-refractivity contribution in [2.75, 3.05) is 45.6 Å². The molecule has 21 heteroatoms. The van der Waals surface area contributed by atoms with Gasteiger partial charge in [-0.25, -0.2) is 14.6 Å². The number of rotatable bonds is 17. The van der Waals surface area contributed by atoms with Crippen LogP contribution in [0.4, 0.5) is 28.0 Å². The molecule has 6 rings (SSSR count). The smallest absolute Gasteiger partial charge is 0.411 e. The van der Waals surface area contributed by atoms with Gasteiger partial charge in [0.1, 0.15) is 11.6 Å². The zero-order chi connectivity index (χ0) is 51.8. The van der Waals surface area contributed by atoms with Crippen LogP contribution in [0.2, 0.25) is 0 Å². The summed E-state index contributed by atoms with van der Waals surface area (Å²) < 4.78 is 61.6. The Morgan fingerprint density at radius 3 is 2.08 bits per heavy atom. The molecule has 382 valence electrons. The molecule has 1 aliphatic heterocycles. The number of aryl methyl sites for hydroxylation is 1. The van der Waals surface area contributed by atoms with Gasteiger partial charge >= 0.3 is 23.9 Å². The third-order valence-corrected chi connectivity index (χ3v) is 12.8. The van der Waals surface area contributed by atoms with E-state index in [9.17, 15) is 46.3 Å². The molecule has 1 atom stereocenters. The zero-order valence-electron chi connectivity index (χ0n) is 40.5. The van der Waals surface area contributed by atoms with Crippen LogP contribution in [0.1, 0.15) is 86.6 Å². The second-order valence-corrected chi connectivity index (χ2v) is 19.4. The standard InChI is InChI=1S/C50H61F4N9O8/c1-29-25-35(42(65)55-28-40(64)63-23-21-37(22-24-63)62(5)6)17-20-38(29)32-11-7-30(8-12-32)26-39(58-43(66)34-13-9-31(10-14-34)27-56-47(70)71-48(2,3)4)44(67)57-36-18-15-33(16-19-36)41-59-45(61-60-41)49(51,52)50(53,54)46(68)69/h7-8,11-12,15-20,25,31,34,37,39H,9-10,13-14,21-24,26-28H2,1-6H3,(H,55,65)(H,56,70)(H,57,67)(H,58,66)(H,68,69)(H,59,60,61)/t31?,34?,39-/m0/s1. The Bertz CT molecular complexity index is 2550. The SMILES string of the molecule is Cc1cc(C(=O)NCC(=O)N2CCC(N(C)C)CC2)ccc1-c1ccc(C[C@H](NC(=O)C2CCC(CNC(=O)OC(C)(C)C)CC2)C(=O)Nc2ccc(-c3n[nH]c(C(F)(F)C(F)(F)C(=O)O)n3)cc2)cc1. The Hall–Kier alpha value is -6.90. The van der Waals surface area contributed by atoms with E-state index in [-0.39, 0.29) is 47.9 Å².